The summed E-state index contributed by atoms with van der Waals surface area (Å²) < 4.78 is 26.6. The van der Waals surface area contributed by atoms with E-state index in [0.29, 0.717) is 18.0 Å². The average molecular weight is 239 g/mol. The maximum atomic E-state index is 11.5. The van der Waals surface area contributed by atoms with Gasteiger partial charge in [-0.3, -0.25) is 0 Å². The first kappa shape index (κ1) is 13.8. The fourth-order valence-electron chi connectivity index (χ4n) is 0.941. The van der Waals surface area contributed by atoms with Gasteiger partial charge in [0.1, 0.15) is 0 Å². The Morgan fingerprint density at radius 2 is 2.14 bits per heavy atom. The van der Waals surface area contributed by atoms with Crippen molar-refractivity contribution >= 4 is 27.4 Å². The Labute approximate surface area is 90.8 Å². The van der Waals surface area contributed by atoms with Gasteiger partial charge in [0, 0.05) is 26.1 Å². The average Bonchev–Trinajstić information content (AvgIpc) is 2.01. The maximum absolute atomic E-state index is 11.5. The number of hydrogen-bond acceptors (Lipinski definition) is 3. The summed E-state index contributed by atoms with van der Waals surface area (Å²) in [6, 6.07) is -0.225. The van der Waals surface area contributed by atoms with Crippen LogP contribution in [0, 0.1) is 0 Å². The van der Waals surface area contributed by atoms with Crippen LogP contribution in [-0.4, -0.2) is 37.3 Å². The molecule has 0 amide bonds. The third-order valence-corrected chi connectivity index (χ3v) is 3.76. The monoisotopic (exact) mass is 239 g/mol. The van der Waals surface area contributed by atoms with Crippen LogP contribution in [0.5, 0.6) is 0 Å². The first-order valence-electron chi connectivity index (χ1n) is 4.32. The third kappa shape index (κ3) is 4.32. The van der Waals surface area contributed by atoms with Crippen LogP contribution < -0.4 is 10.5 Å². The molecule has 0 aliphatic carbocycles. The fourth-order valence-corrected chi connectivity index (χ4v) is 2.30. The first-order valence-corrected chi connectivity index (χ1v) is 6.17. The molecule has 0 saturated heterocycles. The van der Waals surface area contributed by atoms with E-state index < -0.39 is 10.2 Å². The molecule has 3 N–H and O–H groups in total. The number of hydrogen-bond donors (Lipinski definition) is 2. The lowest BCUT2D eigenvalue weighted by atomic mass is 10.2. The molecule has 0 saturated carbocycles. The van der Waals surface area contributed by atoms with Crippen molar-refractivity contribution in [3.8, 4) is 0 Å². The topological polar surface area (TPSA) is 75.4 Å². The lowest BCUT2D eigenvalue weighted by molar-refractivity contribution is 0.390. The quantitative estimate of drug-likeness (QED) is 0.631. The summed E-state index contributed by atoms with van der Waals surface area (Å²) in [5, 5.41) is 0. The lowest BCUT2D eigenvalue weighted by Gasteiger charge is -2.23. The molecule has 0 spiro atoms. The summed E-state index contributed by atoms with van der Waals surface area (Å²) in [6.07, 6.45) is 0.385. The summed E-state index contributed by atoms with van der Waals surface area (Å²) in [5.41, 5.74) is 5.34. The second kappa shape index (κ2) is 5.59. The second-order valence-electron chi connectivity index (χ2n) is 3.04. The van der Waals surface area contributed by atoms with Gasteiger partial charge < -0.3 is 5.73 Å². The predicted molar refractivity (Wildman–Crippen MR) is 61.2 cm³/mol. The van der Waals surface area contributed by atoms with Gasteiger partial charge in [-0.25, -0.2) is 4.72 Å². The summed E-state index contributed by atoms with van der Waals surface area (Å²) in [4.78, 5) is 0.316. The van der Waals surface area contributed by atoms with E-state index in [1.54, 1.807) is 13.8 Å². The Balaban J connectivity index is 4.45. The molecule has 0 fully saturated rings. The van der Waals surface area contributed by atoms with Crippen LogP contribution in [0.25, 0.3) is 0 Å². The van der Waals surface area contributed by atoms with E-state index in [4.69, 9.17) is 18.0 Å². The highest BCUT2D eigenvalue weighted by atomic mass is 32.2. The molecular formula is C7H17N3O2S2. The van der Waals surface area contributed by atoms with Crippen molar-refractivity contribution in [2.75, 3.05) is 13.6 Å². The number of thiocarbonyl (C=S) groups is 1. The normalized spacial score (nSPS) is 14.3. The number of rotatable bonds is 6. The van der Waals surface area contributed by atoms with Gasteiger partial charge in [0.25, 0.3) is 10.2 Å². The molecular weight excluding hydrogens is 222 g/mol. The second-order valence-corrected chi connectivity index (χ2v) is 5.38. The van der Waals surface area contributed by atoms with E-state index in [1.165, 1.54) is 11.4 Å². The zero-order chi connectivity index (χ0) is 11.4. The Kier molecular flexibility index (Phi) is 5.50. The zero-order valence-electron chi connectivity index (χ0n) is 8.65. The number of nitrogens with zero attached hydrogens (tertiary/aromatic N) is 1. The predicted octanol–water partition coefficient (Wildman–Crippen LogP) is -0.163. The van der Waals surface area contributed by atoms with Gasteiger partial charge in [-0.2, -0.15) is 12.7 Å². The van der Waals surface area contributed by atoms with Gasteiger partial charge in [-0.05, 0) is 6.92 Å². The standard InChI is InChI=1S/C7H17N3O2S2/c1-4-9-14(11,12)10(3)6(2)5-7(8)13/h6,9H,4-5H2,1-3H3,(H2,8,13). The minimum atomic E-state index is -3.39. The van der Waals surface area contributed by atoms with Gasteiger partial charge in [-0.1, -0.05) is 19.1 Å². The number of nitrogens with two attached hydrogens (primary N) is 1. The van der Waals surface area contributed by atoms with Gasteiger partial charge in [-0.15, -0.1) is 0 Å². The molecule has 0 bridgehead atoms. The van der Waals surface area contributed by atoms with E-state index in [9.17, 15) is 8.42 Å². The van der Waals surface area contributed by atoms with Crippen molar-refractivity contribution in [3.63, 3.8) is 0 Å². The Bertz CT molecular complexity index is 289. The molecule has 0 aromatic heterocycles. The van der Waals surface area contributed by atoms with Gasteiger partial charge in [0.05, 0.1) is 4.99 Å². The Morgan fingerprint density at radius 1 is 1.64 bits per heavy atom. The molecule has 0 aromatic rings. The van der Waals surface area contributed by atoms with Crippen molar-refractivity contribution < 1.29 is 8.42 Å². The minimum Gasteiger partial charge on any atom is -0.393 e. The van der Waals surface area contributed by atoms with Gasteiger partial charge in [0.2, 0.25) is 0 Å². The van der Waals surface area contributed by atoms with Crippen LogP contribution in [-0.2, 0) is 10.2 Å². The van der Waals surface area contributed by atoms with Crippen molar-refractivity contribution in [1.29, 1.82) is 0 Å². The summed E-state index contributed by atoms with van der Waals surface area (Å²) in [7, 11) is -1.89. The fraction of sp³-hybridized carbons (Fsp3) is 0.857. The van der Waals surface area contributed by atoms with E-state index in [-0.39, 0.29) is 6.04 Å². The molecule has 0 heterocycles. The van der Waals surface area contributed by atoms with Crippen molar-refractivity contribution in [2.45, 2.75) is 26.3 Å². The highest BCUT2D eigenvalue weighted by molar-refractivity contribution is 7.87. The van der Waals surface area contributed by atoms with Crippen LogP contribution in [0.15, 0.2) is 0 Å². The maximum Gasteiger partial charge on any atom is 0.279 e. The summed E-state index contributed by atoms with van der Waals surface area (Å²) in [6.45, 7) is 3.85. The molecule has 0 rings (SSSR count). The molecule has 0 aliphatic rings. The van der Waals surface area contributed by atoms with Crippen molar-refractivity contribution in [3.05, 3.63) is 0 Å². The zero-order valence-corrected chi connectivity index (χ0v) is 10.3. The van der Waals surface area contributed by atoms with Gasteiger partial charge in [0.15, 0.2) is 0 Å². The van der Waals surface area contributed by atoms with E-state index in [2.05, 4.69) is 4.72 Å². The largest absolute Gasteiger partial charge is 0.393 e. The van der Waals surface area contributed by atoms with Crippen LogP contribution in [0.4, 0.5) is 0 Å². The van der Waals surface area contributed by atoms with Crippen molar-refractivity contribution in [2.24, 2.45) is 5.73 Å². The molecule has 7 heteroatoms. The van der Waals surface area contributed by atoms with Crippen LogP contribution >= 0.6 is 12.2 Å². The molecule has 0 radical (unpaired) electrons. The smallest absolute Gasteiger partial charge is 0.279 e. The SMILES string of the molecule is CCNS(=O)(=O)N(C)C(C)CC(N)=S. The minimum absolute atomic E-state index is 0.225. The molecule has 5 nitrogen and oxygen atoms in total. The summed E-state index contributed by atoms with van der Waals surface area (Å²) >= 11 is 4.71. The molecule has 0 aliphatic heterocycles. The van der Waals surface area contributed by atoms with E-state index in [0.717, 1.165) is 0 Å². The first-order chi connectivity index (χ1) is 6.31. The number of nitrogens with one attached hydrogen (secondary N) is 1. The molecule has 1 atom stereocenters. The van der Waals surface area contributed by atoms with Crippen LogP contribution in [0.3, 0.4) is 0 Å². The molecule has 1 unspecified atom stereocenters. The Morgan fingerprint density at radius 3 is 2.50 bits per heavy atom. The van der Waals surface area contributed by atoms with E-state index >= 15 is 0 Å². The Hall–Kier alpha value is -0.240. The van der Waals surface area contributed by atoms with Crippen LogP contribution in [0.1, 0.15) is 20.3 Å². The molecule has 0 aromatic carbocycles. The third-order valence-electron chi connectivity index (χ3n) is 1.82. The highest BCUT2D eigenvalue weighted by Gasteiger charge is 2.22. The van der Waals surface area contributed by atoms with Crippen LogP contribution in [0.2, 0.25) is 0 Å². The van der Waals surface area contributed by atoms with Crippen molar-refractivity contribution in [1.82, 2.24) is 9.03 Å². The lowest BCUT2D eigenvalue weighted by Crippen LogP contribution is -2.44. The highest BCUT2D eigenvalue weighted by Crippen LogP contribution is 2.05. The molecule has 14 heavy (non-hydrogen) atoms. The summed E-state index contributed by atoms with van der Waals surface area (Å²) in [5.74, 6) is 0. The van der Waals surface area contributed by atoms with Gasteiger partial charge >= 0.3 is 0 Å². The van der Waals surface area contributed by atoms with E-state index in [1.807, 2.05) is 0 Å². The molecule has 84 valence electrons.